The zero-order valence-electron chi connectivity index (χ0n) is 10.3. The molecule has 6 nitrogen and oxygen atoms in total. The normalized spacial score (nSPS) is 10.2. The van der Waals surface area contributed by atoms with Gasteiger partial charge in [-0.25, -0.2) is 4.39 Å². The Labute approximate surface area is 126 Å². The van der Waals surface area contributed by atoms with Gasteiger partial charge in [-0.2, -0.15) is 0 Å². The molecule has 2 aromatic carbocycles. The van der Waals surface area contributed by atoms with Crippen LogP contribution in [0, 0.1) is 15.9 Å². The number of halogens is 2. The molecule has 2 N–H and O–H groups in total. The Morgan fingerprint density at radius 1 is 1.29 bits per heavy atom. The van der Waals surface area contributed by atoms with Crippen molar-refractivity contribution in [2.75, 3.05) is 5.32 Å². The molecule has 0 aliphatic heterocycles. The van der Waals surface area contributed by atoms with Gasteiger partial charge in [0.2, 0.25) is 0 Å². The van der Waals surface area contributed by atoms with Gasteiger partial charge in [0.25, 0.3) is 11.6 Å². The minimum atomic E-state index is -0.831. The number of nitro benzene ring substituents is 1. The summed E-state index contributed by atoms with van der Waals surface area (Å²) in [5, 5.41) is 22.4. The first-order valence-electron chi connectivity index (χ1n) is 5.62. The second-order valence-corrected chi connectivity index (χ2v) is 4.95. The van der Waals surface area contributed by atoms with E-state index in [0.29, 0.717) is 4.47 Å². The topological polar surface area (TPSA) is 92.5 Å². The maximum Gasteiger partial charge on any atom is 0.296 e. The van der Waals surface area contributed by atoms with Gasteiger partial charge in [0, 0.05) is 4.47 Å². The van der Waals surface area contributed by atoms with E-state index in [1.165, 1.54) is 24.3 Å². The minimum Gasteiger partial charge on any atom is -0.508 e. The summed E-state index contributed by atoms with van der Waals surface area (Å²) in [5.41, 5.74) is -0.882. The molecule has 0 spiro atoms. The number of phenolic OH excluding ortho intramolecular Hbond substituents is 1. The SMILES string of the molecule is O=C(Nc1ccc(O)cc1[N+](=O)[O-])c1cc(Br)ccc1F. The molecule has 1 amide bonds. The van der Waals surface area contributed by atoms with Crippen LogP contribution in [0.2, 0.25) is 0 Å². The molecule has 0 aromatic heterocycles. The van der Waals surface area contributed by atoms with Crippen LogP contribution in [0.25, 0.3) is 0 Å². The third-order valence-corrected chi connectivity index (χ3v) is 3.09. The van der Waals surface area contributed by atoms with Gasteiger partial charge in [-0.3, -0.25) is 14.9 Å². The van der Waals surface area contributed by atoms with Crippen molar-refractivity contribution >= 4 is 33.2 Å². The highest BCUT2D eigenvalue weighted by Gasteiger charge is 2.19. The number of carbonyl (C=O) groups excluding carboxylic acids is 1. The molecular weight excluding hydrogens is 347 g/mol. The van der Waals surface area contributed by atoms with Crippen molar-refractivity contribution in [1.29, 1.82) is 0 Å². The van der Waals surface area contributed by atoms with Crippen molar-refractivity contribution in [2.24, 2.45) is 0 Å². The van der Waals surface area contributed by atoms with Gasteiger partial charge >= 0.3 is 0 Å². The number of anilines is 1. The number of rotatable bonds is 3. The quantitative estimate of drug-likeness (QED) is 0.501. The van der Waals surface area contributed by atoms with Gasteiger partial charge in [-0.15, -0.1) is 0 Å². The molecule has 0 heterocycles. The number of amides is 1. The lowest BCUT2D eigenvalue weighted by atomic mass is 10.2. The minimum absolute atomic E-state index is 0.137. The van der Waals surface area contributed by atoms with Crippen LogP contribution in [-0.4, -0.2) is 15.9 Å². The van der Waals surface area contributed by atoms with Gasteiger partial charge in [0.15, 0.2) is 0 Å². The van der Waals surface area contributed by atoms with Gasteiger partial charge in [0.05, 0.1) is 16.6 Å². The molecule has 8 heteroatoms. The summed E-state index contributed by atoms with van der Waals surface area (Å²) in [7, 11) is 0. The predicted molar refractivity (Wildman–Crippen MR) is 76.8 cm³/mol. The standard InChI is InChI=1S/C13H8BrFN2O4/c14-7-1-3-10(15)9(5-7)13(19)16-11-4-2-8(18)6-12(11)17(20)21/h1-6,18H,(H,16,19). The maximum atomic E-state index is 13.6. The van der Waals surface area contributed by atoms with E-state index in [1.807, 2.05) is 0 Å². The second kappa shape index (κ2) is 5.88. The smallest absolute Gasteiger partial charge is 0.296 e. The van der Waals surface area contributed by atoms with Crippen LogP contribution in [0.3, 0.4) is 0 Å². The number of nitrogens with one attached hydrogen (secondary N) is 1. The number of phenols is 1. The van der Waals surface area contributed by atoms with Crippen LogP contribution >= 0.6 is 15.9 Å². The van der Waals surface area contributed by atoms with Crippen molar-refractivity contribution in [3.8, 4) is 5.75 Å². The molecule has 108 valence electrons. The molecule has 2 aromatic rings. The molecule has 0 aliphatic rings. The maximum absolute atomic E-state index is 13.6. The van der Waals surface area contributed by atoms with E-state index in [-0.39, 0.29) is 17.0 Å². The van der Waals surface area contributed by atoms with Crippen molar-refractivity contribution in [1.82, 2.24) is 0 Å². The Hall–Kier alpha value is -2.48. The lowest BCUT2D eigenvalue weighted by Crippen LogP contribution is -2.14. The first kappa shape index (κ1) is 14.9. The third-order valence-electron chi connectivity index (χ3n) is 2.60. The van der Waals surface area contributed by atoms with Gasteiger partial charge < -0.3 is 10.4 Å². The van der Waals surface area contributed by atoms with Crippen molar-refractivity contribution in [3.63, 3.8) is 0 Å². The fraction of sp³-hybridized carbons (Fsp3) is 0. The largest absolute Gasteiger partial charge is 0.508 e. The highest BCUT2D eigenvalue weighted by atomic mass is 79.9. The molecule has 0 unspecified atom stereocenters. The molecule has 2 rings (SSSR count). The number of hydrogen-bond donors (Lipinski definition) is 2. The molecule has 0 atom stereocenters. The zero-order chi connectivity index (χ0) is 15.6. The van der Waals surface area contributed by atoms with Crippen molar-refractivity contribution in [2.45, 2.75) is 0 Å². The number of nitrogens with zero attached hydrogens (tertiary/aromatic N) is 1. The molecule has 0 bridgehead atoms. The van der Waals surface area contributed by atoms with E-state index < -0.39 is 22.3 Å². The summed E-state index contributed by atoms with van der Waals surface area (Å²) >= 11 is 3.11. The van der Waals surface area contributed by atoms with E-state index in [2.05, 4.69) is 21.2 Å². The monoisotopic (exact) mass is 354 g/mol. The Morgan fingerprint density at radius 2 is 2.00 bits per heavy atom. The molecule has 0 saturated carbocycles. The van der Waals surface area contributed by atoms with E-state index in [4.69, 9.17) is 0 Å². The highest BCUT2D eigenvalue weighted by Crippen LogP contribution is 2.29. The van der Waals surface area contributed by atoms with Gasteiger partial charge in [0.1, 0.15) is 17.3 Å². The van der Waals surface area contributed by atoms with E-state index in [9.17, 15) is 24.4 Å². The molecule has 0 saturated heterocycles. The molecule has 21 heavy (non-hydrogen) atoms. The number of nitro groups is 1. The summed E-state index contributed by atoms with van der Waals surface area (Å²) in [6.07, 6.45) is 0. The van der Waals surface area contributed by atoms with E-state index in [0.717, 1.165) is 12.1 Å². The van der Waals surface area contributed by atoms with E-state index in [1.54, 1.807) is 0 Å². The summed E-state index contributed by atoms with van der Waals surface area (Å²) in [6, 6.07) is 7.03. The van der Waals surface area contributed by atoms with Crippen LogP contribution in [-0.2, 0) is 0 Å². The molecule has 0 aliphatic carbocycles. The summed E-state index contributed by atoms with van der Waals surface area (Å²) in [4.78, 5) is 22.1. The number of aromatic hydroxyl groups is 1. The first-order valence-corrected chi connectivity index (χ1v) is 6.41. The van der Waals surface area contributed by atoms with Crippen LogP contribution < -0.4 is 5.32 Å². The van der Waals surface area contributed by atoms with Crippen molar-refractivity contribution in [3.05, 3.63) is 62.4 Å². The molecular formula is C13H8BrFN2O4. The Bertz CT molecular complexity index is 736. The number of hydrogen-bond acceptors (Lipinski definition) is 4. The zero-order valence-corrected chi connectivity index (χ0v) is 11.9. The molecule has 0 fully saturated rings. The lowest BCUT2D eigenvalue weighted by Gasteiger charge is -2.07. The lowest BCUT2D eigenvalue weighted by molar-refractivity contribution is -0.384. The van der Waals surface area contributed by atoms with E-state index >= 15 is 0 Å². The fourth-order valence-electron chi connectivity index (χ4n) is 1.64. The molecule has 0 radical (unpaired) electrons. The second-order valence-electron chi connectivity index (χ2n) is 4.04. The van der Waals surface area contributed by atoms with Crippen LogP contribution in [0.1, 0.15) is 10.4 Å². The fourth-order valence-corrected chi connectivity index (χ4v) is 2.00. The van der Waals surface area contributed by atoms with Gasteiger partial charge in [-0.05, 0) is 30.3 Å². The predicted octanol–water partition coefficient (Wildman–Crippen LogP) is 3.45. The highest BCUT2D eigenvalue weighted by molar-refractivity contribution is 9.10. The number of carbonyl (C=O) groups is 1. The van der Waals surface area contributed by atoms with Crippen LogP contribution in [0.15, 0.2) is 40.9 Å². The van der Waals surface area contributed by atoms with Gasteiger partial charge in [-0.1, -0.05) is 15.9 Å². The summed E-state index contributed by atoms with van der Waals surface area (Å²) in [5.74, 6) is -1.90. The number of benzene rings is 2. The Morgan fingerprint density at radius 3 is 2.67 bits per heavy atom. The van der Waals surface area contributed by atoms with Crippen LogP contribution in [0.5, 0.6) is 5.75 Å². The average molecular weight is 355 g/mol. The van der Waals surface area contributed by atoms with Crippen LogP contribution in [0.4, 0.5) is 15.8 Å². The Kier molecular flexibility index (Phi) is 4.18. The summed E-state index contributed by atoms with van der Waals surface area (Å²) < 4.78 is 14.1. The summed E-state index contributed by atoms with van der Waals surface area (Å²) in [6.45, 7) is 0. The first-order chi connectivity index (χ1) is 9.88. The third kappa shape index (κ3) is 3.34. The Balaban J connectivity index is 2.36. The average Bonchev–Trinajstić information content (AvgIpc) is 2.43. The van der Waals surface area contributed by atoms with Crippen molar-refractivity contribution < 1.29 is 19.2 Å².